The molecule has 51 heavy (non-hydrogen) atoms. The number of rotatable bonds is 33. The van der Waals surface area contributed by atoms with Gasteiger partial charge in [0.2, 0.25) is 0 Å². The van der Waals surface area contributed by atoms with Gasteiger partial charge in [-0.25, -0.2) is 4.79 Å². The molecule has 1 N–H and O–H groups in total. The van der Waals surface area contributed by atoms with Crippen LogP contribution in [0.25, 0.3) is 0 Å². The molecule has 0 rings (SSSR count). The molecular weight excluding hydrogens is 642 g/mol. The van der Waals surface area contributed by atoms with Gasteiger partial charge in [0.1, 0.15) is 6.61 Å². The van der Waals surface area contributed by atoms with Crippen molar-refractivity contribution in [3.63, 3.8) is 0 Å². The Morgan fingerprint density at radius 2 is 1.14 bits per heavy atom. The van der Waals surface area contributed by atoms with Gasteiger partial charge in [0.25, 0.3) is 0 Å². The summed E-state index contributed by atoms with van der Waals surface area (Å²) in [5.74, 6) is -1.60. The number of carboxylic acids is 1. The molecule has 0 saturated heterocycles. The zero-order valence-corrected chi connectivity index (χ0v) is 32.8. The number of likely N-dealkylation sites (N-methyl/N-ethyl adjacent to an activating group) is 1. The van der Waals surface area contributed by atoms with Crippen molar-refractivity contribution in [1.82, 2.24) is 0 Å². The number of carboxylic acid groups (broad SMARTS) is 1. The molecule has 0 aromatic heterocycles. The van der Waals surface area contributed by atoms with E-state index in [0.29, 0.717) is 19.3 Å². The molecule has 2 unspecified atom stereocenters. The van der Waals surface area contributed by atoms with Crippen LogP contribution in [0.3, 0.4) is 0 Å². The summed E-state index contributed by atoms with van der Waals surface area (Å²) in [5.41, 5.74) is 0. The third-order valence-electron chi connectivity index (χ3n) is 8.22. The van der Waals surface area contributed by atoms with Gasteiger partial charge in [0, 0.05) is 19.3 Å². The molecule has 0 aliphatic rings. The monoisotopic (exact) mass is 715 g/mol. The summed E-state index contributed by atoms with van der Waals surface area (Å²) in [5, 5.41) is 9.58. The molecule has 0 aliphatic heterocycles. The van der Waals surface area contributed by atoms with Gasteiger partial charge in [-0.05, 0) is 51.4 Å². The third-order valence-corrected chi connectivity index (χ3v) is 8.22. The molecule has 2 atom stereocenters. The minimum atomic E-state index is -0.891. The van der Waals surface area contributed by atoms with Crippen LogP contribution in [-0.2, 0) is 28.6 Å². The molecule has 8 heteroatoms. The Bertz CT molecular complexity index is 1060. The standard InChI is InChI=1S/C43H71NO7/c1-6-8-10-12-14-16-18-20-22-24-26-28-30-32-34-42(46)51-39(37-49-36-35-40(43(47)48)44(3,4)5)38-50-41(45)33-31-29-27-25-23-21-19-17-15-13-11-9-7-2/h9,11,13,15,17,19,21-25,27,39-40H,6-8,10,12,14,16,18,20,26,28-38H2,1-5H3/p+1/b11-9+,15-13+,19-17+,23-21+,24-22+,27-25+. The zero-order chi connectivity index (χ0) is 37.8. The number of aliphatic carboxylic acids is 1. The van der Waals surface area contributed by atoms with Crippen LogP contribution in [0.2, 0.25) is 0 Å². The largest absolute Gasteiger partial charge is 0.477 e. The lowest BCUT2D eigenvalue weighted by molar-refractivity contribution is -0.887. The fraction of sp³-hybridized carbons (Fsp3) is 0.651. The molecule has 0 spiro atoms. The number of carbonyl (C=O) groups excluding carboxylic acids is 2. The van der Waals surface area contributed by atoms with Crippen molar-refractivity contribution in [2.24, 2.45) is 0 Å². The second-order valence-electron chi connectivity index (χ2n) is 13.9. The van der Waals surface area contributed by atoms with E-state index in [1.165, 1.54) is 44.9 Å². The Morgan fingerprint density at radius 1 is 0.608 bits per heavy atom. The van der Waals surface area contributed by atoms with Crippen LogP contribution in [0.5, 0.6) is 0 Å². The quantitative estimate of drug-likeness (QED) is 0.0238. The highest BCUT2D eigenvalue weighted by Gasteiger charge is 2.31. The van der Waals surface area contributed by atoms with E-state index in [9.17, 15) is 19.5 Å². The van der Waals surface area contributed by atoms with Crippen LogP contribution >= 0.6 is 0 Å². The highest BCUT2D eigenvalue weighted by atomic mass is 16.6. The van der Waals surface area contributed by atoms with Crippen LogP contribution < -0.4 is 0 Å². The van der Waals surface area contributed by atoms with Gasteiger partial charge in [-0.2, -0.15) is 0 Å². The van der Waals surface area contributed by atoms with Gasteiger partial charge in [-0.1, -0.05) is 132 Å². The Kier molecular flexibility index (Phi) is 31.7. The molecule has 0 saturated carbocycles. The summed E-state index contributed by atoms with van der Waals surface area (Å²) in [6.45, 7) is 4.46. The number of quaternary nitrogens is 1. The normalized spacial score (nSPS) is 13.8. The van der Waals surface area contributed by atoms with Crippen molar-refractivity contribution in [3.8, 4) is 0 Å². The predicted octanol–water partition coefficient (Wildman–Crippen LogP) is 10.0. The number of unbranched alkanes of at least 4 members (excludes halogenated alkanes) is 11. The lowest BCUT2D eigenvalue weighted by atomic mass is 10.1. The predicted molar refractivity (Wildman–Crippen MR) is 210 cm³/mol. The number of hydrogen-bond donors (Lipinski definition) is 1. The Morgan fingerprint density at radius 3 is 1.73 bits per heavy atom. The van der Waals surface area contributed by atoms with Crippen LogP contribution in [-0.4, -0.2) is 80.6 Å². The minimum absolute atomic E-state index is 0.0286. The van der Waals surface area contributed by atoms with Crippen LogP contribution in [0, 0.1) is 0 Å². The molecule has 290 valence electrons. The van der Waals surface area contributed by atoms with Gasteiger partial charge >= 0.3 is 17.9 Å². The van der Waals surface area contributed by atoms with Gasteiger partial charge in [-0.3, -0.25) is 9.59 Å². The number of allylic oxidation sites excluding steroid dienone is 12. The fourth-order valence-corrected chi connectivity index (χ4v) is 5.17. The molecular formula is C43H72NO7+. The number of hydrogen-bond acceptors (Lipinski definition) is 6. The molecule has 0 fully saturated rings. The summed E-state index contributed by atoms with van der Waals surface area (Å²) in [7, 11) is 5.48. The van der Waals surface area contributed by atoms with Gasteiger partial charge in [0.05, 0.1) is 34.4 Å². The van der Waals surface area contributed by atoms with E-state index in [1.54, 1.807) is 0 Å². The molecule has 0 aliphatic carbocycles. The lowest BCUT2D eigenvalue weighted by Gasteiger charge is -2.31. The number of esters is 2. The first kappa shape index (κ1) is 47.8. The summed E-state index contributed by atoms with van der Waals surface area (Å²) in [6, 6.07) is -0.630. The highest BCUT2D eigenvalue weighted by Crippen LogP contribution is 2.12. The van der Waals surface area contributed by atoms with Crippen molar-refractivity contribution in [2.75, 3.05) is 41.0 Å². The molecule has 0 amide bonds. The Hall–Kier alpha value is -3.23. The number of ether oxygens (including phenoxy) is 3. The van der Waals surface area contributed by atoms with E-state index >= 15 is 0 Å². The second-order valence-corrected chi connectivity index (χ2v) is 13.9. The number of nitrogens with zero attached hydrogens (tertiary/aromatic N) is 1. The smallest absolute Gasteiger partial charge is 0.362 e. The Labute approximate surface area is 311 Å². The molecule has 0 aromatic rings. The van der Waals surface area contributed by atoms with Crippen molar-refractivity contribution >= 4 is 17.9 Å². The fourth-order valence-electron chi connectivity index (χ4n) is 5.17. The molecule has 0 radical (unpaired) electrons. The van der Waals surface area contributed by atoms with E-state index in [4.69, 9.17) is 14.2 Å². The van der Waals surface area contributed by atoms with Crippen molar-refractivity contribution in [1.29, 1.82) is 0 Å². The van der Waals surface area contributed by atoms with E-state index in [-0.39, 0.29) is 42.7 Å². The zero-order valence-electron chi connectivity index (χ0n) is 32.8. The SMILES string of the molecule is CC/C=C/C=C/C=C/C=C/C=C/CCCC(=O)OCC(COCCC(C(=O)O)[N+](C)(C)C)OC(=O)CCCCC/C=C/CCCCCCCCC. The summed E-state index contributed by atoms with van der Waals surface area (Å²) in [4.78, 5) is 36.8. The molecule has 0 bridgehead atoms. The Balaban J connectivity index is 4.57. The van der Waals surface area contributed by atoms with Crippen molar-refractivity contribution in [3.05, 3.63) is 72.9 Å². The average molecular weight is 715 g/mol. The first-order chi connectivity index (χ1) is 24.6. The average Bonchev–Trinajstić information content (AvgIpc) is 3.08. The topological polar surface area (TPSA) is 99.1 Å². The number of carbonyl (C=O) groups is 3. The van der Waals surface area contributed by atoms with E-state index in [0.717, 1.165) is 44.9 Å². The van der Waals surface area contributed by atoms with Gasteiger partial charge < -0.3 is 23.8 Å². The molecule has 0 heterocycles. The van der Waals surface area contributed by atoms with Crippen molar-refractivity contribution in [2.45, 2.75) is 142 Å². The van der Waals surface area contributed by atoms with E-state index in [2.05, 4.69) is 32.1 Å². The van der Waals surface area contributed by atoms with Crippen LogP contribution in [0.4, 0.5) is 0 Å². The first-order valence-electron chi connectivity index (χ1n) is 19.5. The summed E-state index contributed by atoms with van der Waals surface area (Å²) >= 11 is 0. The maximum absolute atomic E-state index is 12.7. The molecule has 8 nitrogen and oxygen atoms in total. The first-order valence-corrected chi connectivity index (χ1v) is 19.5. The lowest BCUT2D eigenvalue weighted by Crippen LogP contribution is -2.50. The highest BCUT2D eigenvalue weighted by molar-refractivity contribution is 5.72. The van der Waals surface area contributed by atoms with Crippen LogP contribution in [0.15, 0.2) is 72.9 Å². The molecule has 0 aromatic carbocycles. The summed E-state index contributed by atoms with van der Waals surface area (Å²) < 4.78 is 17.1. The summed E-state index contributed by atoms with van der Waals surface area (Å²) in [6.07, 6.45) is 41.0. The van der Waals surface area contributed by atoms with Crippen molar-refractivity contribution < 1.29 is 38.2 Å². The minimum Gasteiger partial charge on any atom is -0.477 e. The van der Waals surface area contributed by atoms with Gasteiger partial charge in [-0.15, -0.1) is 0 Å². The van der Waals surface area contributed by atoms with Gasteiger partial charge in [0.15, 0.2) is 12.1 Å². The van der Waals surface area contributed by atoms with Crippen LogP contribution in [0.1, 0.15) is 129 Å². The van der Waals surface area contributed by atoms with E-state index < -0.39 is 18.1 Å². The third kappa shape index (κ3) is 32.4. The maximum Gasteiger partial charge on any atom is 0.362 e. The maximum atomic E-state index is 12.7. The van der Waals surface area contributed by atoms with E-state index in [1.807, 2.05) is 75.8 Å². The second kappa shape index (κ2) is 33.9.